The van der Waals surface area contributed by atoms with E-state index < -0.39 is 0 Å². The minimum atomic E-state index is -0.151. The first kappa shape index (κ1) is 18.6. The van der Waals surface area contributed by atoms with Crippen LogP contribution in [-0.4, -0.2) is 41.9 Å². The minimum absolute atomic E-state index is 0.0626. The number of ether oxygens (including phenoxy) is 1. The third-order valence-electron chi connectivity index (χ3n) is 4.11. The second-order valence-corrected chi connectivity index (χ2v) is 6.72. The summed E-state index contributed by atoms with van der Waals surface area (Å²) in [6, 6.07) is 7.05. The molecule has 132 valence electrons. The highest BCUT2D eigenvalue weighted by atomic mass is 35.5. The molecule has 6 heteroatoms. The molecule has 0 aromatic heterocycles. The quantitative estimate of drug-likeness (QED) is 0.820. The van der Waals surface area contributed by atoms with Gasteiger partial charge in [0.25, 0.3) is 0 Å². The second kappa shape index (κ2) is 8.92. The third-order valence-corrected chi connectivity index (χ3v) is 4.36. The van der Waals surface area contributed by atoms with Crippen LogP contribution in [0, 0.1) is 0 Å². The Hall–Kier alpha value is -1.75. The first-order chi connectivity index (χ1) is 11.5. The van der Waals surface area contributed by atoms with Gasteiger partial charge in [-0.2, -0.15) is 0 Å². The summed E-state index contributed by atoms with van der Waals surface area (Å²) in [6.45, 7) is 4.99. The van der Waals surface area contributed by atoms with Gasteiger partial charge in [0.15, 0.2) is 0 Å². The van der Waals surface area contributed by atoms with Gasteiger partial charge in [0.05, 0.1) is 6.54 Å². The zero-order valence-corrected chi connectivity index (χ0v) is 15.0. The van der Waals surface area contributed by atoms with Gasteiger partial charge in [-0.3, -0.25) is 9.59 Å². The van der Waals surface area contributed by atoms with Crippen molar-refractivity contribution in [3.05, 3.63) is 29.3 Å². The summed E-state index contributed by atoms with van der Waals surface area (Å²) in [5, 5.41) is 3.53. The average Bonchev–Trinajstić information content (AvgIpc) is 2.55. The fourth-order valence-electron chi connectivity index (χ4n) is 2.79. The molecular formula is C18H25ClN2O3. The van der Waals surface area contributed by atoms with Crippen LogP contribution in [0.5, 0.6) is 5.75 Å². The highest BCUT2D eigenvalue weighted by Crippen LogP contribution is 2.17. The van der Waals surface area contributed by atoms with Crippen molar-refractivity contribution in [2.75, 3.05) is 13.1 Å². The van der Waals surface area contributed by atoms with Crippen LogP contribution in [-0.2, 0) is 9.59 Å². The molecule has 1 saturated heterocycles. The van der Waals surface area contributed by atoms with E-state index in [1.54, 1.807) is 24.3 Å². The van der Waals surface area contributed by atoms with E-state index in [0.717, 1.165) is 19.4 Å². The van der Waals surface area contributed by atoms with Gasteiger partial charge in [-0.15, -0.1) is 0 Å². The molecule has 1 fully saturated rings. The number of hydrogen-bond acceptors (Lipinski definition) is 3. The molecule has 0 saturated carbocycles. The molecule has 1 aromatic rings. The number of carbonyl (C=O) groups excluding carboxylic acids is 2. The standard InChI is InChI=1S/C18H25ClN2O3/c1-13(21-10-4-3-5-18(21)23)11-17(22)20-12-14(2)24-16-8-6-15(19)7-9-16/h6-9,13-14H,3-5,10-12H2,1-2H3,(H,20,22)/t13-,14+/m0/s1. The second-order valence-electron chi connectivity index (χ2n) is 6.28. The monoisotopic (exact) mass is 352 g/mol. The molecule has 1 aliphatic heterocycles. The Bertz CT molecular complexity index is 562. The van der Waals surface area contributed by atoms with Gasteiger partial charge < -0.3 is 15.0 Å². The van der Waals surface area contributed by atoms with Crippen LogP contribution >= 0.6 is 11.6 Å². The molecule has 1 aliphatic rings. The van der Waals surface area contributed by atoms with Crippen LogP contribution in [0.15, 0.2) is 24.3 Å². The molecule has 2 atom stereocenters. The molecule has 1 heterocycles. The van der Waals surface area contributed by atoms with E-state index in [-0.39, 0.29) is 24.0 Å². The van der Waals surface area contributed by atoms with E-state index in [1.165, 1.54) is 0 Å². The average molecular weight is 353 g/mol. The van der Waals surface area contributed by atoms with Crippen LogP contribution < -0.4 is 10.1 Å². The van der Waals surface area contributed by atoms with Crippen LogP contribution in [0.25, 0.3) is 0 Å². The molecular weight excluding hydrogens is 328 g/mol. The lowest BCUT2D eigenvalue weighted by atomic mass is 10.1. The minimum Gasteiger partial charge on any atom is -0.489 e. The van der Waals surface area contributed by atoms with Crippen molar-refractivity contribution >= 4 is 23.4 Å². The van der Waals surface area contributed by atoms with E-state index in [9.17, 15) is 9.59 Å². The number of carbonyl (C=O) groups is 2. The van der Waals surface area contributed by atoms with Gasteiger partial charge in [0.1, 0.15) is 11.9 Å². The zero-order chi connectivity index (χ0) is 17.5. The van der Waals surface area contributed by atoms with E-state index in [4.69, 9.17) is 16.3 Å². The Kier molecular flexibility index (Phi) is 6.91. The van der Waals surface area contributed by atoms with Crippen molar-refractivity contribution in [1.82, 2.24) is 10.2 Å². The normalized spacial score (nSPS) is 17.3. The van der Waals surface area contributed by atoms with Crippen molar-refractivity contribution in [3.8, 4) is 5.75 Å². The van der Waals surface area contributed by atoms with Crippen LogP contribution in [0.2, 0.25) is 5.02 Å². The Labute approximate surface area is 148 Å². The van der Waals surface area contributed by atoms with Gasteiger partial charge in [0.2, 0.25) is 11.8 Å². The Balaban J connectivity index is 1.71. The number of amides is 2. The number of piperidine rings is 1. The smallest absolute Gasteiger partial charge is 0.222 e. The summed E-state index contributed by atoms with van der Waals surface area (Å²) >= 11 is 5.83. The molecule has 0 aliphatic carbocycles. The van der Waals surface area contributed by atoms with Crippen molar-refractivity contribution in [3.63, 3.8) is 0 Å². The maximum atomic E-state index is 12.1. The van der Waals surface area contributed by atoms with Crippen molar-refractivity contribution in [2.45, 2.75) is 51.7 Å². The molecule has 24 heavy (non-hydrogen) atoms. The summed E-state index contributed by atoms with van der Waals surface area (Å²) in [6.07, 6.45) is 2.73. The number of hydrogen-bond donors (Lipinski definition) is 1. The molecule has 2 rings (SSSR count). The Morgan fingerprint density at radius 2 is 2.00 bits per heavy atom. The van der Waals surface area contributed by atoms with Gasteiger partial charge >= 0.3 is 0 Å². The number of benzene rings is 1. The zero-order valence-electron chi connectivity index (χ0n) is 14.3. The van der Waals surface area contributed by atoms with Crippen LogP contribution in [0.3, 0.4) is 0 Å². The number of likely N-dealkylation sites (tertiary alicyclic amines) is 1. The summed E-state index contributed by atoms with van der Waals surface area (Å²) in [5.74, 6) is 0.807. The predicted molar refractivity (Wildman–Crippen MR) is 94.2 cm³/mol. The van der Waals surface area contributed by atoms with Crippen molar-refractivity contribution in [1.29, 1.82) is 0 Å². The topological polar surface area (TPSA) is 58.6 Å². The summed E-state index contributed by atoms with van der Waals surface area (Å²) in [7, 11) is 0. The Morgan fingerprint density at radius 1 is 1.29 bits per heavy atom. The lowest BCUT2D eigenvalue weighted by Gasteiger charge is -2.32. The summed E-state index contributed by atoms with van der Waals surface area (Å²) in [4.78, 5) is 25.8. The molecule has 0 radical (unpaired) electrons. The van der Waals surface area contributed by atoms with Crippen molar-refractivity contribution in [2.24, 2.45) is 0 Å². The third kappa shape index (κ3) is 5.71. The highest BCUT2D eigenvalue weighted by Gasteiger charge is 2.24. The van der Waals surface area contributed by atoms with Gasteiger partial charge in [-0.05, 0) is 51.0 Å². The fraction of sp³-hybridized carbons (Fsp3) is 0.556. The summed E-state index contributed by atoms with van der Waals surface area (Å²) < 4.78 is 5.72. The van der Waals surface area contributed by atoms with Gasteiger partial charge in [0, 0.05) is 30.5 Å². The maximum Gasteiger partial charge on any atom is 0.222 e. The number of nitrogens with one attached hydrogen (secondary N) is 1. The van der Waals surface area contributed by atoms with E-state index in [2.05, 4.69) is 5.32 Å². The molecule has 2 amide bonds. The lowest BCUT2D eigenvalue weighted by molar-refractivity contribution is -0.136. The number of nitrogens with zero attached hydrogens (tertiary/aromatic N) is 1. The Morgan fingerprint density at radius 3 is 2.67 bits per heavy atom. The summed E-state index contributed by atoms with van der Waals surface area (Å²) in [5.41, 5.74) is 0. The largest absolute Gasteiger partial charge is 0.489 e. The molecule has 0 bridgehead atoms. The molecule has 0 spiro atoms. The van der Waals surface area contributed by atoms with E-state index >= 15 is 0 Å². The SMILES string of the molecule is C[C@H](CNC(=O)C[C@H](C)N1CCCCC1=O)Oc1ccc(Cl)cc1. The van der Waals surface area contributed by atoms with Crippen LogP contribution in [0.1, 0.15) is 39.5 Å². The molecule has 0 unspecified atom stereocenters. The van der Waals surface area contributed by atoms with Gasteiger partial charge in [-0.1, -0.05) is 11.6 Å². The predicted octanol–water partition coefficient (Wildman–Crippen LogP) is 3.01. The first-order valence-corrected chi connectivity index (χ1v) is 8.82. The van der Waals surface area contributed by atoms with E-state index in [1.807, 2.05) is 18.7 Å². The van der Waals surface area contributed by atoms with Gasteiger partial charge in [-0.25, -0.2) is 0 Å². The number of halogens is 1. The first-order valence-electron chi connectivity index (χ1n) is 8.44. The van der Waals surface area contributed by atoms with Crippen LogP contribution in [0.4, 0.5) is 0 Å². The number of rotatable bonds is 7. The van der Waals surface area contributed by atoms with E-state index in [0.29, 0.717) is 30.2 Å². The lowest BCUT2D eigenvalue weighted by Crippen LogP contribution is -2.44. The maximum absolute atomic E-state index is 12.1. The highest BCUT2D eigenvalue weighted by molar-refractivity contribution is 6.30. The molecule has 5 nitrogen and oxygen atoms in total. The fourth-order valence-corrected chi connectivity index (χ4v) is 2.91. The molecule has 1 aromatic carbocycles. The van der Waals surface area contributed by atoms with Crippen molar-refractivity contribution < 1.29 is 14.3 Å². The molecule has 1 N–H and O–H groups in total.